The number of hydrogen-bond donors (Lipinski definition) is 1. The summed E-state index contributed by atoms with van der Waals surface area (Å²) in [6.45, 7) is 11.6. The lowest BCUT2D eigenvalue weighted by Gasteiger charge is -2.42. The maximum Gasteiger partial charge on any atom is 0.312 e. The second-order valence-corrected chi connectivity index (χ2v) is 10.9. The molecule has 3 aliphatic heterocycles. The number of carbonyl (C=O) groups is 3. The van der Waals surface area contributed by atoms with E-state index in [4.69, 9.17) is 9.47 Å². The van der Waals surface area contributed by atoms with Crippen LogP contribution in [0.1, 0.15) is 71.6 Å². The van der Waals surface area contributed by atoms with Crippen LogP contribution < -0.4 is 0 Å². The van der Waals surface area contributed by atoms with Gasteiger partial charge in [0, 0.05) is 12.6 Å². The molecule has 1 N–H and O–H groups in total. The second kappa shape index (κ2) is 10.7. The van der Waals surface area contributed by atoms with Gasteiger partial charge in [-0.05, 0) is 45.4 Å². The summed E-state index contributed by atoms with van der Waals surface area (Å²) in [6, 6.07) is -1.39. The number of esters is 1. The number of carbonyl (C=O) groups excluding carboxylic acids is 3. The van der Waals surface area contributed by atoms with Crippen molar-refractivity contribution in [2.75, 3.05) is 19.8 Å². The molecule has 36 heavy (non-hydrogen) atoms. The largest absolute Gasteiger partial charge is 0.465 e. The third kappa shape index (κ3) is 4.10. The summed E-state index contributed by atoms with van der Waals surface area (Å²) in [6.07, 6.45) is 10.7. The molecule has 0 aromatic heterocycles. The molecule has 8 nitrogen and oxygen atoms in total. The van der Waals surface area contributed by atoms with Crippen molar-refractivity contribution in [3.8, 4) is 0 Å². The van der Waals surface area contributed by atoms with Crippen LogP contribution in [-0.2, 0) is 23.9 Å². The number of likely N-dealkylation sites (tertiary alicyclic amines) is 1. The van der Waals surface area contributed by atoms with E-state index in [0.717, 1.165) is 32.1 Å². The molecule has 0 radical (unpaired) electrons. The fraction of sp³-hybridized carbons (Fsp3) is 0.750. The number of aliphatic hydroxyl groups excluding tert-OH is 1. The Hall–Kier alpha value is -2.19. The van der Waals surface area contributed by atoms with Gasteiger partial charge in [-0.15, -0.1) is 13.2 Å². The summed E-state index contributed by atoms with van der Waals surface area (Å²) in [5, 5.41) is 10.1. The van der Waals surface area contributed by atoms with Crippen molar-refractivity contribution < 1.29 is 29.0 Å². The van der Waals surface area contributed by atoms with Crippen LogP contribution in [0.25, 0.3) is 0 Å². The smallest absolute Gasteiger partial charge is 0.312 e. The lowest BCUT2D eigenvalue weighted by atomic mass is 9.65. The average Bonchev–Trinajstić information content (AvgIpc) is 3.50. The minimum absolute atomic E-state index is 0.0829. The molecule has 3 saturated heterocycles. The summed E-state index contributed by atoms with van der Waals surface area (Å²) in [7, 11) is 0. The van der Waals surface area contributed by atoms with E-state index in [1.807, 2.05) is 11.8 Å². The zero-order valence-electron chi connectivity index (χ0n) is 21.8. The number of amides is 2. The van der Waals surface area contributed by atoms with Gasteiger partial charge in [0.05, 0.1) is 30.8 Å². The molecule has 1 saturated carbocycles. The molecule has 4 rings (SSSR count). The number of hydrogen-bond acceptors (Lipinski definition) is 6. The Labute approximate surface area is 214 Å². The van der Waals surface area contributed by atoms with Crippen LogP contribution in [0.2, 0.25) is 0 Å². The predicted molar refractivity (Wildman–Crippen MR) is 135 cm³/mol. The van der Waals surface area contributed by atoms with Gasteiger partial charge in [-0.1, -0.05) is 38.3 Å². The van der Waals surface area contributed by atoms with Gasteiger partial charge in [0.2, 0.25) is 11.8 Å². The van der Waals surface area contributed by atoms with E-state index in [0.29, 0.717) is 32.2 Å². The number of rotatable bonds is 11. The molecular weight excluding hydrogens is 460 g/mol. The molecule has 0 aromatic rings. The molecule has 8 heteroatoms. The number of aliphatic hydroxyl groups is 1. The van der Waals surface area contributed by atoms with Crippen molar-refractivity contribution >= 4 is 17.8 Å². The van der Waals surface area contributed by atoms with Gasteiger partial charge in [0.1, 0.15) is 17.6 Å². The third-order valence-electron chi connectivity index (χ3n) is 9.04. The quantitative estimate of drug-likeness (QED) is 0.265. The number of fused-ring (bicyclic) bond motifs is 1. The molecule has 2 unspecified atom stereocenters. The fourth-order valence-electron chi connectivity index (χ4n) is 7.30. The Balaban J connectivity index is 1.75. The Morgan fingerprint density at radius 3 is 2.58 bits per heavy atom. The first-order valence-corrected chi connectivity index (χ1v) is 13.6. The molecule has 0 aromatic carbocycles. The van der Waals surface area contributed by atoms with E-state index in [9.17, 15) is 19.5 Å². The van der Waals surface area contributed by atoms with Crippen molar-refractivity contribution in [1.82, 2.24) is 9.80 Å². The highest BCUT2D eigenvalue weighted by molar-refractivity contribution is 5.98. The zero-order chi connectivity index (χ0) is 26.1. The normalized spacial score (nSPS) is 34.4. The van der Waals surface area contributed by atoms with Crippen LogP contribution in [-0.4, -0.2) is 81.8 Å². The van der Waals surface area contributed by atoms with Crippen LogP contribution >= 0.6 is 0 Å². The first-order chi connectivity index (χ1) is 17.3. The standard InChI is InChI=1S/C28H42N2O6/c1-5-8-17-35-26(34)22-21-24(32)30(19(4)18-31)23(28(21)15-14-27(22,7-3)36-28)25(33)29(16-6-2)20-12-10-9-11-13-20/h5-6,19-23,31H,1-2,7-18H2,3-4H3/t19-,21+,22-,23?,27+,28?/m1/s1. The monoisotopic (exact) mass is 502 g/mol. The summed E-state index contributed by atoms with van der Waals surface area (Å²) >= 11 is 0. The van der Waals surface area contributed by atoms with Gasteiger partial charge < -0.3 is 24.4 Å². The van der Waals surface area contributed by atoms with Crippen LogP contribution in [0, 0.1) is 11.8 Å². The van der Waals surface area contributed by atoms with Crippen LogP contribution in [0.4, 0.5) is 0 Å². The highest BCUT2D eigenvalue weighted by Crippen LogP contribution is 2.64. The van der Waals surface area contributed by atoms with Crippen LogP contribution in [0.5, 0.6) is 0 Å². The van der Waals surface area contributed by atoms with Gasteiger partial charge in [0.25, 0.3) is 0 Å². The van der Waals surface area contributed by atoms with Gasteiger partial charge in [-0.3, -0.25) is 14.4 Å². The van der Waals surface area contributed by atoms with Crippen LogP contribution in [0.15, 0.2) is 25.3 Å². The summed E-state index contributed by atoms with van der Waals surface area (Å²) in [5.74, 6) is -2.48. The molecule has 4 fully saturated rings. The minimum Gasteiger partial charge on any atom is -0.465 e. The molecule has 6 atom stereocenters. The molecule has 4 aliphatic rings. The summed E-state index contributed by atoms with van der Waals surface area (Å²) < 4.78 is 12.3. The SMILES string of the molecule is C=CCCOC(=O)[C@H]1[C@H]2C(=O)N([C@H](C)CO)C(C(=O)N(CC=C)C3CCCCC3)C23CC[C@]1(CC)O3. The van der Waals surface area contributed by atoms with E-state index >= 15 is 0 Å². The Bertz CT molecular complexity index is 885. The molecule has 1 aliphatic carbocycles. The van der Waals surface area contributed by atoms with Crippen LogP contribution in [0.3, 0.4) is 0 Å². The first kappa shape index (κ1) is 26.9. The topological polar surface area (TPSA) is 96.4 Å². The van der Waals surface area contributed by atoms with E-state index in [1.54, 1.807) is 19.1 Å². The molecular formula is C28H42N2O6. The molecule has 3 heterocycles. The predicted octanol–water partition coefficient (Wildman–Crippen LogP) is 2.99. The van der Waals surface area contributed by atoms with E-state index in [2.05, 4.69) is 13.2 Å². The minimum atomic E-state index is -1.11. The van der Waals surface area contributed by atoms with Gasteiger partial charge in [-0.25, -0.2) is 0 Å². The summed E-state index contributed by atoms with van der Waals surface area (Å²) in [4.78, 5) is 45.3. The third-order valence-corrected chi connectivity index (χ3v) is 9.04. The summed E-state index contributed by atoms with van der Waals surface area (Å²) in [5.41, 5.74) is -1.93. The van der Waals surface area contributed by atoms with Gasteiger partial charge >= 0.3 is 5.97 Å². The Kier molecular flexibility index (Phi) is 7.95. The zero-order valence-corrected chi connectivity index (χ0v) is 21.8. The molecule has 2 bridgehead atoms. The molecule has 2 amide bonds. The Morgan fingerprint density at radius 1 is 1.25 bits per heavy atom. The van der Waals surface area contributed by atoms with Crippen molar-refractivity contribution in [2.24, 2.45) is 11.8 Å². The van der Waals surface area contributed by atoms with Crippen molar-refractivity contribution in [3.63, 3.8) is 0 Å². The van der Waals surface area contributed by atoms with Crippen molar-refractivity contribution in [2.45, 2.75) is 101 Å². The lowest BCUT2D eigenvalue weighted by Crippen LogP contribution is -2.60. The van der Waals surface area contributed by atoms with E-state index < -0.39 is 41.1 Å². The second-order valence-electron chi connectivity index (χ2n) is 10.9. The highest BCUT2D eigenvalue weighted by Gasteiger charge is 2.79. The first-order valence-electron chi connectivity index (χ1n) is 13.6. The van der Waals surface area contributed by atoms with Crippen molar-refractivity contribution in [3.05, 3.63) is 25.3 Å². The highest BCUT2D eigenvalue weighted by atomic mass is 16.6. The fourth-order valence-corrected chi connectivity index (χ4v) is 7.30. The van der Waals surface area contributed by atoms with Gasteiger partial charge in [-0.2, -0.15) is 0 Å². The van der Waals surface area contributed by atoms with Gasteiger partial charge in [0.15, 0.2) is 0 Å². The molecule has 1 spiro atoms. The number of ether oxygens (including phenoxy) is 2. The van der Waals surface area contributed by atoms with Crippen molar-refractivity contribution in [1.29, 1.82) is 0 Å². The lowest BCUT2D eigenvalue weighted by molar-refractivity contribution is -0.163. The Morgan fingerprint density at radius 2 is 1.97 bits per heavy atom. The maximum absolute atomic E-state index is 14.4. The van der Waals surface area contributed by atoms with E-state index in [1.165, 1.54) is 4.90 Å². The average molecular weight is 503 g/mol. The maximum atomic E-state index is 14.4. The number of nitrogens with zero attached hydrogens (tertiary/aromatic N) is 2. The molecule has 200 valence electrons. The van der Waals surface area contributed by atoms with E-state index in [-0.39, 0.29) is 31.1 Å².